The zero-order valence-electron chi connectivity index (χ0n) is 7.98. The summed E-state index contributed by atoms with van der Waals surface area (Å²) < 4.78 is 5.30. The number of anilines is 1. The maximum Gasteiger partial charge on any atom is 0.124 e. The predicted molar refractivity (Wildman–Crippen MR) is 58.3 cm³/mol. The molecule has 0 bridgehead atoms. The van der Waals surface area contributed by atoms with Crippen molar-refractivity contribution in [2.24, 2.45) is 0 Å². The van der Waals surface area contributed by atoms with Crippen LogP contribution in [0.25, 0.3) is 0 Å². The van der Waals surface area contributed by atoms with E-state index in [-0.39, 0.29) is 0 Å². The molecule has 0 aliphatic carbocycles. The molecule has 2 rings (SSSR count). The van der Waals surface area contributed by atoms with E-state index in [2.05, 4.69) is 4.98 Å². The molecule has 0 saturated carbocycles. The molecule has 14 heavy (non-hydrogen) atoms. The third-order valence-corrected chi connectivity index (χ3v) is 3.47. The number of pyridine rings is 1. The summed E-state index contributed by atoms with van der Waals surface area (Å²) in [5, 5.41) is 1.66. The second kappa shape index (κ2) is 4.66. The van der Waals surface area contributed by atoms with Crippen molar-refractivity contribution in [3.63, 3.8) is 0 Å². The first-order valence-electron chi connectivity index (χ1n) is 4.81. The Morgan fingerprint density at radius 3 is 2.86 bits per heavy atom. The van der Waals surface area contributed by atoms with Crippen molar-refractivity contribution < 1.29 is 4.74 Å². The van der Waals surface area contributed by atoms with Crippen LogP contribution in [0, 0.1) is 0 Å². The highest BCUT2D eigenvalue weighted by molar-refractivity contribution is 7.99. The van der Waals surface area contributed by atoms with Crippen LogP contribution in [0.15, 0.2) is 23.2 Å². The van der Waals surface area contributed by atoms with Gasteiger partial charge in [-0.3, -0.25) is 0 Å². The number of rotatable bonds is 2. The molecule has 1 aromatic rings. The van der Waals surface area contributed by atoms with E-state index >= 15 is 0 Å². The lowest BCUT2D eigenvalue weighted by atomic mass is 10.2. The Hall–Kier alpha value is -0.740. The molecule has 2 N–H and O–H groups in total. The summed E-state index contributed by atoms with van der Waals surface area (Å²) in [7, 11) is 0. The standard InChI is InChI=1S/C10H14N2OS/c11-9-2-1-3-10(12-9)14-8-4-6-13-7-5-8/h1-3,8H,4-7H2,(H2,11,12). The van der Waals surface area contributed by atoms with Gasteiger partial charge in [-0.15, -0.1) is 11.8 Å². The maximum absolute atomic E-state index is 5.61. The lowest BCUT2D eigenvalue weighted by molar-refractivity contribution is 0.1000. The van der Waals surface area contributed by atoms with Crippen LogP contribution in [0.3, 0.4) is 0 Å². The predicted octanol–water partition coefficient (Wildman–Crippen LogP) is 1.93. The molecule has 0 aromatic carbocycles. The molecule has 0 spiro atoms. The minimum absolute atomic E-state index is 0.599. The Labute approximate surface area is 88.0 Å². The van der Waals surface area contributed by atoms with Gasteiger partial charge in [0.2, 0.25) is 0 Å². The summed E-state index contributed by atoms with van der Waals surface area (Å²) in [5.74, 6) is 0.599. The second-order valence-electron chi connectivity index (χ2n) is 3.33. The van der Waals surface area contributed by atoms with Gasteiger partial charge in [0.15, 0.2) is 0 Å². The van der Waals surface area contributed by atoms with Gasteiger partial charge >= 0.3 is 0 Å². The van der Waals surface area contributed by atoms with Gasteiger partial charge in [-0.25, -0.2) is 4.98 Å². The van der Waals surface area contributed by atoms with Crippen molar-refractivity contribution in [2.45, 2.75) is 23.1 Å². The van der Waals surface area contributed by atoms with Gasteiger partial charge in [0.05, 0.1) is 5.03 Å². The minimum Gasteiger partial charge on any atom is -0.384 e. The molecule has 4 heteroatoms. The van der Waals surface area contributed by atoms with Crippen LogP contribution >= 0.6 is 11.8 Å². The monoisotopic (exact) mass is 210 g/mol. The molecule has 1 aliphatic rings. The van der Waals surface area contributed by atoms with Gasteiger partial charge in [0.25, 0.3) is 0 Å². The van der Waals surface area contributed by atoms with Crippen molar-refractivity contribution >= 4 is 17.6 Å². The zero-order valence-corrected chi connectivity index (χ0v) is 8.80. The lowest BCUT2D eigenvalue weighted by Crippen LogP contribution is -2.17. The first-order chi connectivity index (χ1) is 6.84. The molecule has 1 aromatic heterocycles. The van der Waals surface area contributed by atoms with Gasteiger partial charge in [0.1, 0.15) is 5.82 Å². The number of hydrogen-bond donors (Lipinski definition) is 1. The number of nitrogens with two attached hydrogens (primary N) is 1. The molecule has 3 nitrogen and oxygen atoms in total. The summed E-state index contributed by atoms with van der Waals surface area (Å²) in [6.07, 6.45) is 2.22. The highest BCUT2D eigenvalue weighted by atomic mass is 32.2. The van der Waals surface area contributed by atoms with Crippen LogP contribution in [0.4, 0.5) is 5.82 Å². The summed E-state index contributed by atoms with van der Waals surface area (Å²) in [4.78, 5) is 4.27. The Balaban J connectivity index is 1.95. The minimum atomic E-state index is 0.599. The van der Waals surface area contributed by atoms with E-state index in [0.717, 1.165) is 31.1 Å². The van der Waals surface area contributed by atoms with Crippen LogP contribution < -0.4 is 5.73 Å². The molecule has 1 saturated heterocycles. The maximum atomic E-state index is 5.61. The van der Waals surface area contributed by atoms with E-state index in [4.69, 9.17) is 10.5 Å². The third kappa shape index (κ3) is 2.62. The van der Waals surface area contributed by atoms with Gasteiger partial charge in [-0.2, -0.15) is 0 Å². The largest absolute Gasteiger partial charge is 0.384 e. The number of aromatic nitrogens is 1. The number of ether oxygens (including phenoxy) is 1. The van der Waals surface area contributed by atoms with Crippen molar-refractivity contribution in [3.8, 4) is 0 Å². The average Bonchev–Trinajstić information content (AvgIpc) is 2.19. The molecule has 76 valence electrons. The van der Waals surface area contributed by atoms with Crippen molar-refractivity contribution in [1.82, 2.24) is 4.98 Å². The quantitative estimate of drug-likeness (QED) is 0.810. The second-order valence-corrected chi connectivity index (χ2v) is 4.65. The summed E-state index contributed by atoms with van der Waals surface area (Å²) in [6.45, 7) is 1.75. The molecular formula is C10H14N2OS. The van der Waals surface area contributed by atoms with Crippen LogP contribution in [0.1, 0.15) is 12.8 Å². The SMILES string of the molecule is Nc1cccc(SC2CCOCC2)n1. The van der Waals surface area contributed by atoms with Crippen molar-refractivity contribution in [3.05, 3.63) is 18.2 Å². The zero-order chi connectivity index (χ0) is 9.80. The summed E-state index contributed by atoms with van der Waals surface area (Å²) >= 11 is 1.81. The van der Waals surface area contributed by atoms with E-state index < -0.39 is 0 Å². The molecule has 0 unspecified atom stereocenters. The first kappa shape index (κ1) is 9.80. The lowest BCUT2D eigenvalue weighted by Gasteiger charge is -2.20. The Bertz CT molecular complexity index is 300. The van der Waals surface area contributed by atoms with Crippen LogP contribution in [0.5, 0.6) is 0 Å². The normalized spacial score (nSPS) is 18.3. The fourth-order valence-corrected chi connectivity index (χ4v) is 2.55. The van der Waals surface area contributed by atoms with Gasteiger partial charge in [-0.1, -0.05) is 6.07 Å². The Morgan fingerprint density at radius 2 is 2.14 bits per heavy atom. The highest BCUT2D eigenvalue weighted by Crippen LogP contribution is 2.28. The molecular weight excluding hydrogens is 196 g/mol. The van der Waals surface area contributed by atoms with Gasteiger partial charge in [-0.05, 0) is 25.0 Å². The topological polar surface area (TPSA) is 48.1 Å². The van der Waals surface area contributed by atoms with Crippen molar-refractivity contribution in [1.29, 1.82) is 0 Å². The number of nitrogens with zero attached hydrogens (tertiary/aromatic N) is 1. The fraction of sp³-hybridized carbons (Fsp3) is 0.500. The molecule has 0 atom stereocenters. The van der Waals surface area contributed by atoms with E-state index in [0.29, 0.717) is 11.1 Å². The smallest absolute Gasteiger partial charge is 0.124 e. The van der Waals surface area contributed by atoms with Crippen LogP contribution in [-0.2, 0) is 4.74 Å². The molecule has 2 heterocycles. The summed E-state index contributed by atoms with van der Waals surface area (Å²) in [6, 6.07) is 5.77. The molecule has 0 radical (unpaired) electrons. The Morgan fingerprint density at radius 1 is 1.36 bits per heavy atom. The Kier molecular flexibility index (Phi) is 3.26. The van der Waals surface area contributed by atoms with E-state index in [9.17, 15) is 0 Å². The fourth-order valence-electron chi connectivity index (χ4n) is 1.46. The third-order valence-electron chi connectivity index (χ3n) is 2.20. The van der Waals surface area contributed by atoms with Crippen molar-refractivity contribution in [2.75, 3.05) is 18.9 Å². The number of thioether (sulfide) groups is 1. The van der Waals surface area contributed by atoms with E-state index in [1.807, 2.05) is 30.0 Å². The number of nitrogen functional groups attached to an aromatic ring is 1. The molecule has 1 aliphatic heterocycles. The van der Waals surface area contributed by atoms with E-state index in [1.54, 1.807) is 0 Å². The van der Waals surface area contributed by atoms with Gasteiger partial charge < -0.3 is 10.5 Å². The summed E-state index contributed by atoms with van der Waals surface area (Å²) in [5.41, 5.74) is 5.61. The van der Waals surface area contributed by atoms with E-state index in [1.165, 1.54) is 0 Å². The van der Waals surface area contributed by atoms with Gasteiger partial charge in [0, 0.05) is 18.5 Å². The van der Waals surface area contributed by atoms with Crippen LogP contribution in [0.2, 0.25) is 0 Å². The first-order valence-corrected chi connectivity index (χ1v) is 5.69. The molecule has 0 amide bonds. The molecule has 1 fully saturated rings. The number of hydrogen-bond acceptors (Lipinski definition) is 4. The van der Waals surface area contributed by atoms with Crippen LogP contribution in [-0.4, -0.2) is 23.4 Å². The average molecular weight is 210 g/mol. The highest BCUT2D eigenvalue weighted by Gasteiger charge is 2.15.